The molecular weight excluding hydrogens is 472 g/mol. The van der Waals surface area contributed by atoms with Gasteiger partial charge in [-0.1, -0.05) is 24.3 Å². The van der Waals surface area contributed by atoms with Crippen LogP contribution in [0.1, 0.15) is 53.1 Å². The van der Waals surface area contributed by atoms with Crippen LogP contribution in [0.4, 0.5) is 0 Å². The summed E-state index contributed by atoms with van der Waals surface area (Å²) in [6, 6.07) is 23.5. The van der Waals surface area contributed by atoms with Crippen LogP contribution in [-0.4, -0.2) is 49.1 Å². The number of hydrogen-bond acceptors (Lipinski definition) is 4. The molecule has 38 heavy (non-hydrogen) atoms. The van der Waals surface area contributed by atoms with Gasteiger partial charge in [-0.2, -0.15) is 5.26 Å². The van der Waals surface area contributed by atoms with Gasteiger partial charge in [-0.3, -0.25) is 4.79 Å². The minimum absolute atomic E-state index is 0.0347. The summed E-state index contributed by atoms with van der Waals surface area (Å²) in [5.74, 6) is 1.45. The Morgan fingerprint density at radius 2 is 1.74 bits per heavy atom. The number of nitrogens with one attached hydrogen (secondary N) is 2. The Morgan fingerprint density at radius 3 is 2.42 bits per heavy atom. The molecule has 5 rings (SSSR count). The normalized spacial score (nSPS) is 14.3. The first-order valence-corrected chi connectivity index (χ1v) is 13.4. The standard InChI is InChI=1S/C32H34N4O2/c1-38-28-12-13-31-29(20-28)30(22-35-31)26-14-18-36(19-15-26)17-3-2-16-34-32(37)27-10-8-25(9-11-27)24-6-4-23(21-33)5-7-24/h4-13,20,22,26,35H,2-3,14-19H2,1H3,(H,34,37). The van der Waals surface area contributed by atoms with Crippen molar-refractivity contribution in [2.75, 3.05) is 33.3 Å². The van der Waals surface area contributed by atoms with Crippen molar-refractivity contribution in [3.05, 3.63) is 89.6 Å². The van der Waals surface area contributed by atoms with Gasteiger partial charge in [0.2, 0.25) is 0 Å². The number of H-pyrrole nitrogens is 1. The van der Waals surface area contributed by atoms with E-state index in [1.54, 1.807) is 19.2 Å². The molecule has 1 aliphatic rings. The molecule has 4 aromatic rings. The van der Waals surface area contributed by atoms with E-state index < -0.39 is 0 Å². The van der Waals surface area contributed by atoms with Crippen molar-refractivity contribution in [1.82, 2.24) is 15.2 Å². The number of fused-ring (bicyclic) bond motifs is 1. The topological polar surface area (TPSA) is 81.2 Å². The molecule has 1 amide bonds. The zero-order chi connectivity index (χ0) is 26.3. The Balaban J connectivity index is 1.02. The molecule has 6 heteroatoms. The number of benzene rings is 3. The number of amides is 1. The van der Waals surface area contributed by atoms with Crippen molar-refractivity contribution in [2.45, 2.75) is 31.6 Å². The lowest BCUT2D eigenvalue weighted by Crippen LogP contribution is -2.34. The Bertz CT molecular complexity index is 1410. The van der Waals surface area contributed by atoms with Gasteiger partial charge in [0.25, 0.3) is 5.91 Å². The lowest BCUT2D eigenvalue weighted by atomic mass is 9.89. The van der Waals surface area contributed by atoms with Gasteiger partial charge in [-0.25, -0.2) is 0 Å². The SMILES string of the molecule is COc1ccc2[nH]cc(C3CCN(CCCCNC(=O)c4ccc(-c5ccc(C#N)cc5)cc4)CC3)c2c1. The fourth-order valence-electron chi connectivity index (χ4n) is 5.37. The second-order valence-electron chi connectivity index (χ2n) is 10.0. The van der Waals surface area contributed by atoms with Gasteiger partial charge in [-0.15, -0.1) is 0 Å². The molecule has 1 aliphatic heterocycles. The van der Waals surface area contributed by atoms with Crippen molar-refractivity contribution < 1.29 is 9.53 Å². The highest BCUT2D eigenvalue weighted by molar-refractivity contribution is 5.94. The molecule has 0 aliphatic carbocycles. The zero-order valence-electron chi connectivity index (χ0n) is 21.9. The second-order valence-corrected chi connectivity index (χ2v) is 10.0. The van der Waals surface area contributed by atoms with Crippen molar-refractivity contribution in [3.8, 4) is 22.9 Å². The molecule has 1 saturated heterocycles. The summed E-state index contributed by atoms with van der Waals surface area (Å²) in [6.07, 6.45) is 6.55. The van der Waals surface area contributed by atoms with Gasteiger partial charge in [0.05, 0.1) is 18.7 Å². The highest BCUT2D eigenvalue weighted by atomic mass is 16.5. The van der Waals surface area contributed by atoms with Gasteiger partial charge in [-0.05, 0) is 110 Å². The van der Waals surface area contributed by atoms with Gasteiger partial charge in [0.15, 0.2) is 0 Å². The first kappa shape index (κ1) is 25.6. The number of carbonyl (C=O) groups excluding carboxylic acids is 1. The van der Waals surface area contributed by atoms with Crippen LogP contribution in [-0.2, 0) is 0 Å². The number of aromatic amines is 1. The molecule has 2 heterocycles. The number of methoxy groups -OCH3 is 1. The van der Waals surface area contributed by atoms with E-state index >= 15 is 0 Å². The van der Waals surface area contributed by atoms with Gasteiger partial charge in [0, 0.05) is 29.2 Å². The zero-order valence-corrected chi connectivity index (χ0v) is 21.9. The van der Waals surface area contributed by atoms with Gasteiger partial charge < -0.3 is 19.9 Å². The Hall–Kier alpha value is -4.08. The van der Waals surface area contributed by atoms with E-state index in [0.29, 0.717) is 23.6 Å². The quantitative estimate of drug-likeness (QED) is 0.269. The molecule has 1 fully saturated rings. The van der Waals surface area contributed by atoms with E-state index in [0.717, 1.165) is 49.4 Å². The molecule has 0 radical (unpaired) electrons. The van der Waals surface area contributed by atoms with Crippen LogP contribution in [0.25, 0.3) is 22.0 Å². The van der Waals surface area contributed by atoms with Gasteiger partial charge >= 0.3 is 0 Å². The lowest BCUT2D eigenvalue weighted by Gasteiger charge is -2.32. The monoisotopic (exact) mass is 506 g/mol. The Labute approximate surface area is 224 Å². The van der Waals surface area contributed by atoms with E-state index in [2.05, 4.69) is 39.6 Å². The maximum absolute atomic E-state index is 12.6. The predicted octanol–water partition coefficient (Wildman–Crippen LogP) is 6.10. The van der Waals surface area contributed by atoms with Crippen molar-refractivity contribution in [1.29, 1.82) is 5.26 Å². The van der Waals surface area contributed by atoms with Crippen molar-refractivity contribution in [3.63, 3.8) is 0 Å². The number of carbonyl (C=O) groups is 1. The average molecular weight is 507 g/mol. The molecule has 0 unspecified atom stereocenters. The Kier molecular flexibility index (Phi) is 8.06. The highest BCUT2D eigenvalue weighted by Crippen LogP contribution is 2.34. The molecule has 1 aromatic heterocycles. The second kappa shape index (κ2) is 12.0. The molecule has 0 atom stereocenters. The molecule has 6 nitrogen and oxygen atoms in total. The minimum atomic E-state index is -0.0347. The van der Waals surface area contributed by atoms with E-state index in [-0.39, 0.29) is 5.91 Å². The maximum Gasteiger partial charge on any atom is 0.251 e. The Morgan fingerprint density at radius 1 is 1.03 bits per heavy atom. The fraction of sp³-hybridized carbons (Fsp3) is 0.312. The first-order chi connectivity index (χ1) is 18.6. The van der Waals surface area contributed by atoms with Crippen LogP contribution >= 0.6 is 0 Å². The maximum atomic E-state index is 12.6. The first-order valence-electron chi connectivity index (χ1n) is 13.4. The van der Waals surface area contributed by atoms with Crippen LogP contribution in [0.3, 0.4) is 0 Å². The average Bonchev–Trinajstić information content (AvgIpc) is 3.40. The van der Waals surface area contributed by atoms with Crippen molar-refractivity contribution >= 4 is 16.8 Å². The molecule has 0 spiro atoms. The van der Waals surface area contributed by atoms with E-state index in [9.17, 15) is 4.79 Å². The number of ether oxygens (including phenoxy) is 1. The van der Waals surface area contributed by atoms with E-state index in [4.69, 9.17) is 10.00 Å². The van der Waals surface area contributed by atoms with Crippen LogP contribution in [0.2, 0.25) is 0 Å². The summed E-state index contributed by atoms with van der Waals surface area (Å²) >= 11 is 0. The summed E-state index contributed by atoms with van der Waals surface area (Å²) in [5.41, 5.74) is 5.94. The summed E-state index contributed by atoms with van der Waals surface area (Å²) in [4.78, 5) is 18.5. The number of hydrogen-bond donors (Lipinski definition) is 2. The largest absolute Gasteiger partial charge is 0.497 e. The molecular formula is C32H34N4O2. The van der Waals surface area contributed by atoms with Crippen LogP contribution < -0.4 is 10.1 Å². The third kappa shape index (κ3) is 5.90. The number of unbranched alkanes of at least 4 members (excludes halogenated alkanes) is 1. The lowest BCUT2D eigenvalue weighted by molar-refractivity contribution is 0.0952. The third-order valence-electron chi connectivity index (χ3n) is 7.63. The molecule has 3 aromatic carbocycles. The molecule has 0 bridgehead atoms. The summed E-state index contributed by atoms with van der Waals surface area (Å²) < 4.78 is 5.43. The summed E-state index contributed by atoms with van der Waals surface area (Å²) in [7, 11) is 1.72. The van der Waals surface area contributed by atoms with E-state index in [1.165, 1.54) is 29.3 Å². The number of nitriles is 1. The third-order valence-corrected chi connectivity index (χ3v) is 7.63. The number of rotatable bonds is 9. The number of piperidine rings is 1. The molecule has 0 saturated carbocycles. The molecule has 2 N–H and O–H groups in total. The van der Waals surface area contributed by atoms with Crippen LogP contribution in [0, 0.1) is 11.3 Å². The number of nitrogens with zero attached hydrogens (tertiary/aromatic N) is 2. The fourth-order valence-corrected chi connectivity index (χ4v) is 5.37. The molecule has 194 valence electrons. The predicted molar refractivity (Wildman–Crippen MR) is 151 cm³/mol. The minimum Gasteiger partial charge on any atom is -0.497 e. The smallest absolute Gasteiger partial charge is 0.251 e. The summed E-state index contributed by atoms with van der Waals surface area (Å²) in [6.45, 7) is 3.98. The summed E-state index contributed by atoms with van der Waals surface area (Å²) in [5, 5.41) is 13.3. The van der Waals surface area contributed by atoms with Crippen LogP contribution in [0.5, 0.6) is 5.75 Å². The number of aromatic nitrogens is 1. The van der Waals surface area contributed by atoms with Gasteiger partial charge in [0.1, 0.15) is 5.75 Å². The van der Waals surface area contributed by atoms with Crippen molar-refractivity contribution in [2.24, 2.45) is 0 Å². The van der Waals surface area contributed by atoms with E-state index in [1.807, 2.05) is 42.5 Å². The van der Waals surface area contributed by atoms with Crippen LogP contribution in [0.15, 0.2) is 72.9 Å². The highest BCUT2D eigenvalue weighted by Gasteiger charge is 2.22. The number of likely N-dealkylation sites (tertiary alicyclic amines) is 1.